The van der Waals surface area contributed by atoms with Crippen molar-refractivity contribution in [1.29, 1.82) is 15.8 Å². The fourth-order valence-electron chi connectivity index (χ4n) is 4.52. The molecule has 0 radical (unpaired) electrons. The van der Waals surface area contributed by atoms with Gasteiger partial charge in [-0.15, -0.1) is 0 Å². The van der Waals surface area contributed by atoms with Gasteiger partial charge in [0.15, 0.2) is 5.41 Å². The van der Waals surface area contributed by atoms with Crippen molar-refractivity contribution in [2.24, 2.45) is 17.1 Å². The predicted octanol–water partition coefficient (Wildman–Crippen LogP) is 3.84. The van der Waals surface area contributed by atoms with E-state index in [9.17, 15) is 29.0 Å². The lowest BCUT2D eigenvalue weighted by molar-refractivity contribution is -0.137. The Balaban J connectivity index is 2.28. The summed E-state index contributed by atoms with van der Waals surface area (Å²) in [5, 5.41) is 29.7. The Bertz CT molecular complexity index is 1020. The summed E-state index contributed by atoms with van der Waals surface area (Å²) in [6.07, 6.45) is -1.85. The summed E-state index contributed by atoms with van der Waals surface area (Å²) in [4.78, 5) is 2.10. The topological polar surface area (TPSA) is 101 Å². The molecule has 2 atom stereocenters. The second-order valence-corrected chi connectivity index (χ2v) is 7.56. The van der Waals surface area contributed by atoms with Crippen molar-refractivity contribution >= 4 is 0 Å². The molecule has 0 aromatic heterocycles. The molecule has 30 heavy (non-hydrogen) atoms. The quantitative estimate of drug-likeness (QED) is 0.814. The van der Waals surface area contributed by atoms with Crippen LogP contribution < -0.4 is 5.73 Å². The van der Waals surface area contributed by atoms with Gasteiger partial charge in [-0.25, -0.2) is 0 Å². The van der Waals surface area contributed by atoms with Crippen LogP contribution in [0.15, 0.2) is 47.2 Å². The highest BCUT2D eigenvalue weighted by Gasteiger charge is 2.54. The van der Waals surface area contributed by atoms with Gasteiger partial charge in [0.2, 0.25) is 0 Å². The highest BCUT2D eigenvalue weighted by atomic mass is 19.4. The Labute approximate surface area is 173 Å². The molecule has 1 aromatic rings. The highest BCUT2D eigenvalue weighted by Crippen LogP contribution is 2.54. The number of alkyl halides is 3. The first-order chi connectivity index (χ1) is 14.2. The third kappa shape index (κ3) is 3.32. The van der Waals surface area contributed by atoms with Crippen LogP contribution in [0.2, 0.25) is 0 Å². The first-order valence-electron chi connectivity index (χ1n) is 9.56. The van der Waals surface area contributed by atoms with Gasteiger partial charge in [0, 0.05) is 24.9 Å². The lowest BCUT2D eigenvalue weighted by Gasteiger charge is -2.45. The van der Waals surface area contributed by atoms with E-state index in [1.54, 1.807) is 0 Å². The monoisotopic (exact) mass is 411 g/mol. The van der Waals surface area contributed by atoms with Crippen LogP contribution >= 0.6 is 0 Å². The number of allylic oxidation sites excluding steroid dienone is 2. The summed E-state index contributed by atoms with van der Waals surface area (Å²) in [5.74, 6) is -1.44. The van der Waals surface area contributed by atoms with Gasteiger partial charge in [0.05, 0.1) is 29.0 Å². The predicted molar refractivity (Wildman–Crippen MR) is 103 cm³/mol. The third-order valence-electron chi connectivity index (χ3n) is 5.85. The summed E-state index contributed by atoms with van der Waals surface area (Å²) in [6.45, 7) is 3.75. The minimum Gasteiger partial charge on any atom is -0.399 e. The molecule has 0 unspecified atom stereocenters. The average Bonchev–Trinajstić information content (AvgIpc) is 2.73. The van der Waals surface area contributed by atoms with Gasteiger partial charge >= 0.3 is 6.18 Å². The Morgan fingerprint density at radius 1 is 1.23 bits per heavy atom. The summed E-state index contributed by atoms with van der Waals surface area (Å²) < 4.78 is 40.1. The number of nitriles is 3. The van der Waals surface area contributed by atoms with E-state index in [1.807, 2.05) is 31.2 Å². The number of nitrogens with zero attached hydrogens (tertiary/aromatic N) is 4. The zero-order valence-electron chi connectivity index (χ0n) is 16.4. The van der Waals surface area contributed by atoms with Gasteiger partial charge in [-0.3, -0.25) is 4.90 Å². The molecule has 2 N–H and O–H groups in total. The largest absolute Gasteiger partial charge is 0.416 e. The Kier molecular flexibility index (Phi) is 5.61. The van der Waals surface area contributed by atoms with Gasteiger partial charge in [-0.2, -0.15) is 29.0 Å². The molecule has 3 rings (SSSR count). The van der Waals surface area contributed by atoms with Crippen molar-refractivity contribution in [1.82, 2.24) is 4.90 Å². The molecule has 1 aliphatic carbocycles. The van der Waals surface area contributed by atoms with E-state index in [0.29, 0.717) is 18.7 Å². The molecule has 0 amide bonds. The van der Waals surface area contributed by atoms with Crippen LogP contribution in [0.3, 0.4) is 0 Å². The number of hydrogen-bond acceptors (Lipinski definition) is 5. The molecule has 8 heteroatoms. The van der Waals surface area contributed by atoms with Crippen LogP contribution in [0.4, 0.5) is 13.2 Å². The molecule has 0 saturated carbocycles. The van der Waals surface area contributed by atoms with E-state index >= 15 is 0 Å². The SMILES string of the molecule is CCCN1CC=C2C(C#N)=C(N)C(C#N)(C#N)[C@H](c3cccc(C(F)(F)F)c3)[C@@H]2C1. The van der Waals surface area contributed by atoms with Crippen LogP contribution in [-0.4, -0.2) is 24.5 Å². The summed E-state index contributed by atoms with van der Waals surface area (Å²) >= 11 is 0. The maximum absolute atomic E-state index is 13.4. The van der Waals surface area contributed by atoms with Crippen molar-refractivity contribution in [2.45, 2.75) is 25.4 Å². The summed E-state index contributed by atoms with van der Waals surface area (Å²) in [7, 11) is 0. The first-order valence-corrected chi connectivity index (χ1v) is 9.56. The second kappa shape index (κ2) is 7.86. The molecule has 5 nitrogen and oxygen atoms in total. The zero-order chi connectivity index (χ0) is 22.1. The maximum atomic E-state index is 13.4. The average molecular weight is 411 g/mol. The number of fused-ring (bicyclic) bond motifs is 1. The van der Waals surface area contributed by atoms with E-state index in [2.05, 4.69) is 4.90 Å². The van der Waals surface area contributed by atoms with Crippen molar-refractivity contribution < 1.29 is 13.2 Å². The molecular weight excluding hydrogens is 391 g/mol. The van der Waals surface area contributed by atoms with Gasteiger partial charge in [-0.1, -0.05) is 31.2 Å². The Morgan fingerprint density at radius 3 is 2.50 bits per heavy atom. The molecule has 1 heterocycles. The van der Waals surface area contributed by atoms with E-state index in [4.69, 9.17) is 5.73 Å². The lowest BCUT2D eigenvalue weighted by atomic mass is 9.58. The molecule has 0 bridgehead atoms. The minimum atomic E-state index is -4.56. The summed E-state index contributed by atoms with van der Waals surface area (Å²) in [6, 6.07) is 10.6. The number of benzene rings is 1. The maximum Gasteiger partial charge on any atom is 0.416 e. The number of rotatable bonds is 3. The Hall–Kier alpha value is -3.28. The molecule has 2 aliphatic rings. The molecule has 1 aliphatic heterocycles. The lowest BCUT2D eigenvalue weighted by Crippen LogP contribution is -2.48. The van der Waals surface area contributed by atoms with Crippen molar-refractivity contribution in [2.75, 3.05) is 19.6 Å². The summed E-state index contributed by atoms with van der Waals surface area (Å²) in [5.41, 5.74) is 4.09. The smallest absolute Gasteiger partial charge is 0.399 e. The van der Waals surface area contributed by atoms with Crippen LogP contribution in [0.1, 0.15) is 30.4 Å². The fourth-order valence-corrected chi connectivity index (χ4v) is 4.52. The zero-order valence-corrected chi connectivity index (χ0v) is 16.4. The van der Waals surface area contributed by atoms with Gasteiger partial charge in [0.25, 0.3) is 0 Å². The van der Waals surface area contributed by atoms with Crippen LogP contribution in [0, 0.1) is 45.3 Å². The van der Waals surface area contributed by atoms with E-state index in [1.165, 1.54) is 12.1 Å². The first kappa shape index (κ1) is 21.4. The molecule has 154 valence electrons. The molecule has 0 spiro atoms. The molecule has 0 fully saturated rings. The standard InChI is InChI=1S/C22H20F3N5/c1-2-7-30-8-6-16-17(10-26)20(29)21(12-27,13-28)19(18(16)11-30)14-4-3-5-15(9-14)22(23,24)25/h3-6,9,18-19H,2,7-8,11,29H2,1H3/t18-,19-/m1/s1. The molecule has 0 saturated heterocycles. The molecular formula is C22H20F3N5. The van der Waals surface area contributed by atoms with Gasteiger partial charge in [-0.05, 0) is 30.2 Å². The third-order valence-corrected chi connectivity index (χ3v) is 5.85. The van der Waals surface area contributed by atoms with Crippen molar-refractivity contribution in [3.05, 3.63) is 58.3 Å². The number of nitrogens with two attached hydrogens (primary N) is 1. The number of halogens is 3. The van der Waals surface area contributed by atoms with Crippen molar-refractivity contribution in [3.63, 3.8) is 0 Å². The normalized spacial score (nSPS) is 23.6. The fraction of sp³-hybridized carbons (Fsp3) is 0.409. The van der Waals surface area contributed by atoms with Gasteiger partial charge in [0.1, 0.15) is 6.07 Å². The van der Waals surface area contributed by atoms with E-state index in [-0.39, 0.29) is 16.8 Å². The van der Waals surface area contributed by atoms with Crippen LogP contribution in [-0.2, 0) is 6.18 Å². The van der Waals surface area contributed by atoms with Gasteiger partial charge < -0.3 is 5.73 Å². The highest BCUT2D eigenvalue weighted by molar-refractivity contribution is 5.59. The van der Waals surface area contributed by atoms with Crippen molar-refractivity contribution in [3.8, 4) is 18.2 Å². The molecule has 1 aromatic carbocycles. The van der Waals surface area contributed by atoms with Crippen LogP contribution in [0.25, 0.3) is 0 Å². The van der Waals surface area contributed by atoms with E-state index < -0.39 is 29.0 Å². The number of hydrogen-bond donors (Lipinski definition) is 1. The van der Waals surface area contributed by atoms with E-state index in [0.717, 1.165) is 25.1 Å². The van der Waals surface area contributed by atoms with Crippen LogP contribution in [0.5, 0.6) is 0 Å². The second-order valence-electron chi connectivity index (χ2n) is 7.56. The minimum absolute atomic E-state index is 0.0856. The Morgan fingerprint density at radius 2 is 1.93 bits per heavy atom.